The van der Waals surface area contributed by atoms with Crippen molar-refractivity contribution in [3.05, 3.63) is 35.4 Å². The summed E-state index contributed by atoms with van der Waals surface area (Å²) in [5.74, 6) is 0.961. The summed E-state index contributed by atoms with van der Waals surface area (Å²) < 4.78 is 0. The van der Waals surface area contributed by atoms with E-state index in [1.165, 1.54) is 38.5 Å². The van der Waals surface area contributed by atoms with Crippen molar-refractivity contribution in [2.45, 2.75) is 50.9 Å². The molecule has 0 radical (unpaired) electrons. The molecule has 0 heteroatoms. The van der Waals surface area contributed by atoms with Crippen molar-refractivity contribution >= 4 is 0 Å². The smallest absolute Gasteiger partial charge is 0.00409 e. The maximum Gasteiger partial charge on any atom is -0.00409 e. The van der Waals surface area contributed by atoms with Gasteiger partial charge in [-0.15, -0.1) is 0 Å². The molecule has 0 nitrogen and oxygen atoms in total. The summed E-state index contributed by atoms with van der Waals surface area (Å²) >= 11 is 0. The molecule has 0 saturated heterocycles. The highest BCUT2D eigenvalue weighted by atomic mass is 14.4. The molecule has 0 unspecified atom stereocenters. The third-order valence-electron chi connectivity index (χ3n) is 4.69. The van der Waals surface area contributed by atoms with E-state index < -0.39 is 0 Å². The minimum Gasteiger partial charge on any atom is -0.0625 e. The molecular weight excluding hydrogens is 180 g/mol. The minimum absolute atomic E-state index is 0.586. The van der Waals surface area contributed by atoms with Crippen LogP contribution in [0.4, 0.5) is 0 Å². The van der Waals surface area contributed by atoms with Gasteiger partial charge in [-0.25, -0.2) is 0 Å². The lowest BCUT2D eigenvalue weighted by atomic mass is 9.68. The molecule has 80 valence electrons. The van der Waals surface area contributed by atoms with Crippen molar-refractivity contribution < 1.29 is 0 Å². The fourth-order valence-electron chi connectivity index (χ4n) is 3.60. The Morgan fingerprint density at radius 3 is 2.60 bits per heavy atom. The lowest BCUT2D eigenvalue weighted by Gasteiger charge is -2.37. The number of aryl methyl sites for hydroxylation is 1. The Morgan fingerprint density at radius 1 is 1.07 bits per heavy atom. The molecule has 15 heavy (non-hydrogen) atoms. The monoisotopic (exact) mass is 200 g/mol. The van der Waals surface area contributed by atoms with E-state index in [1.54, 1.807) is 11.1 Å². The molecule has 2 aliphatic carbocycles. The quantitative estimate of drug-likeness (QED) is 0.592. The van der Waals surface area contributed by atoms with Crippen LogP contribution in [-0.2, 0) is 11.8 Å². The summed E-state index contributed by atoms with van der Waals surface area (Å²) in [5, 5.41) is 0. The second-order valence-corrected chi connectivity index (χ2v) is 5.62. The Kier molecular flexibility index (Phi) is 2.12. The molecule has 0 heterocycles. The molecule has 3 rings (SSSR count). The third kappa shape index (κ3) is 1.42. The van der Waals surface area contributed by atoms with Crippen LogP contribution < -0.4 is 0 Å². The summed E-state index contributed by atoms with van der Waals surface area (Å²) in [6.45, 7) is 2.41. The van der Waals surface area contributed by atoms with Crippen LogP contribution in [0.3, 0.4) is 0 Å². The summed E-state index contributed by atoms with van der Waals surface area (Å²) in [6.07, 6.45) is 8.49. The van der Waals surface area contributed by atoms with Crippen LogP contribution in [-0.4, -0.2) is 0 Å². The van der Waals surface area contributed by atoms with E-state index in [0.29, 0.717) is 5.41 Å². The van der Waals surface area contributed by atoms with Gasteiger partial charge in [-0.05, 0) is 61.0 Å². The van der Waals surface area contributed by atoms with Crippen LogP contribution in [0.5, 0.6) is 0 Å². The summed E-state index contributed by atoms with van der Waals surface area (Å²) in [4.78, 5) is 0. The number of hydrogen-bond acceptors (Lipinski definition) is 0. The van der Waals surface area contributed by atoms with Crippen LogP contribution in [0.1, 0.15) is 50.2 Å². The van der Waals surface area contributed by atoms with Gasteiger partial charge in [0.05, 0.1) is 0 Å². The average Bonchev–Trinajstić information content (AvgIpc) is 2.63. The molecule has 1 aromatic carbocycles. The normalized spacial score (nSPS) is 34.3. The zero-order valence-corrected chi connectivity index (χ0v) is 9.63. The summed E-state index contributed by atoms with van der Waals surface area (Å²) in [6, 6.07) is 9.15. The zero-order chi connectivity index (χ0) is 10.3. The van der Waals surface area contributed by atoms with Crippen molar-refractivity contribution in [1.82, 2.24) is 0 Å². The molecule has 0 bridgehead atoms. The first kappa shape index (κ1) is 9.45. The first-order chi connectivity index (χ1) is 7.30. The molecule has 0 atom stereocenters. The summed E-state index contributed by atoms with van der Waals surface area (Å²) in [7, 11) is 0. The largest absolute Gasteiger partial charge is 0.0625 e. The highest BCUT2D eigenvalue weighted by Crippen LogP contribution is 2.49. The van der Waals surface area contributed by atoms with E-state index in [-0.39, 0.29) is 0 Å². The Labute approximate surface area is 92.7 Å². The van der Waals surface area contributed by atoms with E-state index in [0.717, 1.165) is 5.92 Å². The summed E-state index contributed by atoms with van der Waals surface area (Å²) in [5.41, 5.74) is 3.91. The fraction of sp³-hybridized carbons (Fsp3) is 0.600. The van der Waals surface area contributed by atoms with Gasteiger partial charge in [-0.1, -0.05) is 31.2 Å². The number of rotatable bonds is 0. The molecule has 0 aliphatic heterocycles. The predicted octanol–water partition coefficient (Wildman–Crippen LogP) is 4.08. The van der Waals surface area contributed by atoms with Gasteiger partial charge in [-0.2, -0.15) is 0 Å². The van der Waals surface area contributed by atoms with Gasteiger partial charge in [0, 0.05) is 0 Å². The second-order valence-electron chi connectivity index (χ2n) is 5.62. The first-order valence-corrected chi connectivity index (χ1v) is 6.39. The Balaban J connectivity index is 1.95. The van der Waals surface area contributed by atoms with Crippen molar-refractivity contribution in [2.24, 2.45) is 5.92 Å². The maximum atomic E-state index is 2.41. The highest BCUT2D eigenvalue weighted by Gasteiger charge is 2.40. The molecule has 0 amide bonds. The number of hydrogen-bond donors (Lipinski definition) is 0. The van der Waals surface area contributed by atoms with E-state index in [9.17, 15) is 0 Å². The molecule has 1 aromatic rings. The van der Waals surface area contributed by atoms with Crippen LogP contribution in [0.25, 0.3) is 0 Å². The van der Waals surface area contributed by atoms with Gasteiger partial charge >= 0.3 is 0 Å². The van der Waals surface area contributed by atoms with Gasteiger partial charge in [0.2, 0.25) is 0 Å². The standard InChI is InChI=1S/C15H20/c1-12-6-9-15(10-7-12)11-8-13-4-2-3-5-14(13)15/h2-5,12H,6-11H2,1H3. The fourth-order valence-corrected chi connectivity index (χ4v) is 3.60. The molecule has 2 aliphatic rings. The second kappa shape index (κ2) is 3.37. The first-order valence-electron chi connectivity index (χ1n) is 6.39. The lowest BCUT2D eigenvalue weighted by molar-refractivity contribution is 0.241. The van der Waals surface area contributed by atoms with Crippen LogP contribution >= 0.6 is 0 Å². The average molecular weight is 200 g/mol. The van der Waals surface area contributed by atoms with Crippen molar-refractivity contribution in [1.29, 1.82) is 0 Å². The van der Waals surface area contributed by atoms with Crippen molar-refractivity contribution in [2.75, 3.05) is 0 Å². The number of fused-ring (bicyclic) bond motifs is 2. The van der Waals surface area contributed by atoms with Gasteiger partial charge in [0.25, 0.3) is 0 Å². The maximum absolute atomic E-state index is 2.41. The van der Waals surface area contributed by atoms with Crippen molar-refractivity contribution in [3.63, 3.8) is 0 Å². The molecule has 1 spiro atoms. The zero-order valence-electron chi connectivity index (χ0n) is 9.63. The van der Waals surface area contributed by atoms with E-state index in [4.69, 9.17) is 0 Å². The topological polar surface area (TPSA) is 0 Å². The third-order valence-corrected chi connectivity index (χ3v) is 4.69. The van der Waals surface area contributed by atoms with Gasteiger partial charge < -0.3 is 0 Å². The molecular formula is C15H20. The van der Waals surface area contributed by atoms with E-state index >= 15 is 0 Å². The van der Waals surface area contributed by atoms with E-state index in [1.807, 2.05) is 0 Å². The Hall–Kier alpha value is -0.780. The Bertz CT molecular complexity index is 356. The Morgan fingerprint density at radius 2 is 1.80 bits per heavy atom. The molecule has 0 N–H and O–H groups in total. The molecule has 1 fully saturated rings. The van der Waals surface area contributed by atoms with Crippen molar-refractivity contribution in [3.8, 4) is 0 Å². The van der Waals surface area contributed by atoms with Crippen LogP contribution in [0, 0.1) is 5.92 Å². The van der Waals surface area contributed by atoms with Gasteiger partial charge in [-0.3, -0.25) is 0 Å². The predicted molar refractivity (Wildman–Crippen MR) is 64.1 cm³/mol. The molecule has 0 aromatic heterocycles. The highest BCUT2D eigenvalue weighted by molar-refractivity contribution is 5.39. The van der Waals surface area contributed by atoms with Gasteiger partial charge in [0.1, 0.15) is 0 Å². The number of benzene rings is 1. The minimum atomic E-state index is 0.586. The van der Waals surface area contributed by atoms with E-state index in [2.05, 4.69) is 31.2 Å². The SMILES string of the molecule is CC1CCC2(CCc3ccccc32)CC1. The molecule has 1 saturated carbocycles. The van der Waals surface area contributed by atoms with Crippen LogP contribution in [0.2, 0.25) is 0 Å². The van der Waals surface area contributed by atoms with Crippen LogP contribution in [0.15, 0.2) is 24.3 Å². The van der Waals surface area contributed by atoms with Gasteiger partial charge in [0.15, 0.2) is 0 Å². The lowest BCUT2D eigenvalue weighted by Crippen LogP contribution is -2.28.